The van der Waals surface area contributed by atoms with Crippen LogP contribution in [0, 0.1) is 11.8 Å². The second-order valence-corrected chi connectivity index (χ2v) is 23.3. The molecule has 4 aliphatic rings. The highest BCUT2D eigenvalue weighted by Crippen LogP contribution is 2.43. The molecule has 4 aliphatic heterocycles. The second kappa shape index (κ2) is 16.9. The number of piperidine rings is 4. The van der Waals surface area contributed by atoms with Gasteiger partial charge in [0.15, 0.2) is 0 Å². The number of ether oxygens (including phenoxy) is 4. The summed E-state index contributed by atoms with van der Waals surface area (Å²) in [7, 11) is 0. The van der Waals surface area contributed by atoms with Gasteiger partial charge in [0.2, 0.25) is 0 Å². The predicted molar refractivity (Wildman–Crippen MR) is 215 cm³/mol. The van der Waals surface area contributed by atoms with E-state index in [9.17, 15) is 40.0 Å². The van der Waals surface area contributed by atoms with Gasteiger partial charge < -0.3 is 18.9 Å². The monoisotopic (exact) mass is 851 g/mol. The Labute approximate surface area is 358 Å². The number of hydrogen-bond acceptors (Lipinski definition) is 12. The van der Waals surface area contributed by atoms with Crippen molar-refractivity contribution < 1.29 is 59.0 Å². The fraction of sp³-hybridized carbons (Fsp3) is 0.909. The van der Waals surface area contributed by atoms with Gasteiger partial charge in [-0.1, -0.05) is 0 Å². The summed E-state index contributed by atoms with van der Waals surface area (Å²) < 4.78 is 24.2. The van der Waals surface area contributed by atoms with Gasteiger partial charge in [-0.2, -0.15) is 0 Å². The SMILES string of the molecule is CC1(C)CC(OC(=O)CC(C(=O)OC2CC(C)(C)N([O])C(C)(C)C2)C(CC(=O)OC2CC(C)(C)N([O])C(C)(C)C2)C(=O)OC2CC(C)(C)N([O])C(C)(C)C2)CC(C)(C)N1[O]. The van der Waals surface area contributed by atoms with Crippen molar-refractivity contribution in [2.24, 2.45) is 11.8 Å². The molecule has 16 heteroatoms. The molecule has 0 N–H and O–H groups in total. The Bertz CT molecular complexity index is 1420. The van der Waals surface area contributed by atoms with Gasteiger partial charge >= 0.3 is 23.9 Å². The minimum absolute atomic E-state index is 0.167. The Morgan fingerprint density at radius 3 is 0.717 bits per heavy atom. The molecule has 0 spiro atoms. The Kier molecular flexibility index (Phi) is 14.2. The molecular weight excluding hydrogens is 776 g/mol. The minimum atomic E-state index is -1.59. The van der Waals surface area contributed by atoms with Gasteiger partial charge in [-0.25, -0.2) is 0 Å². The molecule has 342 valence electrons. The van der Waals surface area contributed by atoms with Crippen molar-refractivity contribution in [2.75, 3.05) is 0 Å². The van der Waals surface area contributed by atoms with E-state index in [0.29, 0.717) is 0 Å². The maximum absolute atomic E-state index is 14.6. The molecule has 4 rings (SSSR count). The third-order valence-electron chi connectivity index (χ3n) is 13.2. The Hall–Kier alpha value is -2.44. The third-order valence-corrected chi connectivity index (χ3v) is 13.2. The number of carbonyl (C=O) groups is 4. The summed E-state index contributed by atoms with van der Waals surface area (Å²) >= 11 is 0. The molecular formula is C44H74N4O12. The van der Waals surface area contributed by atoms with E-state index in [1.807, 2.05) is 0 Å². The first-order valence-electron chi connectivity index (χ1n) is 21.6. The van der Waals surface area contributed by atoms with Crippen LogP contribution in [0.3, 0.4) is 0 Å². The fourth-order valence-corrected chi connectivity index (χ4v) is 11.1. The molecule has 4 saturated heterocycles. The summed E-state index contributed by atoms with van der Waals surface area (Å²) in [5.74, 6) is -6.72. The van der Waals surface area contributed by atoms with Gasteiger partial charge in [0, 0.05) is 95.7 Å². The lowest BCUT2D eigenvalue weighted by Gasteiger charge is -2.50. The van der Waals surface area contributed by atoms with Gasteiger partial charge in [-0.3, -0.25) is 19.2 Å². The molecule has 2 atom stereocenters. The van der Waals surface area contributed by atoms with Gasteiger partial charge in [0.1, 0.15) is 24.4 Å². The van der Waals surface area contributed by atoms with Crippen LogP contribution in [-0.4, -0.2) is 113 Å². The molecule has 0 saturated carbocycles. The van der Waals surface area contributed by atoms with Crippen LogP contribution in [0.25, 0.3) is 0 Å². The normalized spacial score (nSPS) is 28.3. The van der Waals surface area contributed by atoms with Crippen LogP contribution in [0.15, 0.2) is 0 Å². The van der Waals surface area contributed by atoms with Crippen molar-refractivity contribution in [3.05, 3.63) is 0 Å². The summed E-state index contributed by atoms with van der Waals surface area (Å²) in [4.78, 5) is 57.4. The molecule has 16 nitrogen and oxygen atoms in total. The van der Waals surface area contributed by atoms with E-state index in [2.05, 4.69) is 0 Å². The Morgan fingerprint density at radius 2 is 0.533 bits per heavy atom. The van der Waals surface area contributed by atoms with E-state index in [0.717, 1.165) is 20.3 Å². The zero-order valence-electron chi connectivity index (χ0n) is 39.2. The van der Waals surface area contributed by atoms with Crippen molar-refractivity contribution in [1.29, 1.82) is 0 Å². The smallest absolute Gasteiger partial charge is 0.310 e. The lowest BCUT2D eigenvalue weighted by molar-refractivity contribution is -0.300. The topological polar surface area (TPSA) is 198 Å². The molecule has 4 radical (unpaired) electrons. The van der Waals surface area contributed by atoms with Crippen molar-refractivity contribution in [1.82, 2.24) is 20.3 Å². The quantitative estimate of drug-likeness (QED) is 0.159. The van der Waals surface area contributed by atoms with Gasteiger partial charge in [-0.05, 0) is 111 Å². The summed E-state index contributed by atoms with van der Waals surface area (Å²) in [5.41, 5.74) is -7.17. The summed E-state index contributed by atoms with van der Waals surface area (Å²) in [6.45, 7) is 28.1. The third kappa shape index (κ3) is 11.2. The van der Waals surface area contributed by atoms with Gasteiger partial charge in [-0.15, -0.1) is 41.1 Å². The first kappa shape index (κ1) is 50.2. The van der Waals surface area contributed by atoms with E-state index >= 15 is 0 Å². The first-order chi connectivity index (χ1) is 26.9. The zero-order chi connectivity index (χ0) is 46.0. The number of nitrogens with zero attached hydrogens (tertiary/aromatic N) is 4. The highest BCUT2D eigenvalue weighted by Gasteiger charge is 2.53. The number of carbonyl (C=O) groups excluding carboxylic acids is 4. The van der Waals surface area contributed by atoms with Crippen molar-refractivity contribution in [2.45, 2.75) is 244 Å². The molecule has 60 heavy (non-hydrogen) atoms. The van der Waals surface area contributed by atoms with Crippen LogP contribution in [0.5, 0.6) is 0 Å². The van der Waals surface area contributed by atoms with Crippen LogP contribution in [0.1, 0.15) is 175 Å². The van der Waals surface area contributed by atoms with Crippen LogP contribution in [0.4, 0.5) is 0 Å². The van der Waals surface area contributed by atoms with E-state index in [-0.39, 0.29) is 51.4 Å². The highest BCUT2D eigenvalue weighted by atomic mass is 16.6. The van der Waals surface area contributed by atoms with Gasteiger partial charge in [0.05, 0.1) is 24.7 Å². The van der Waals surface area contributed by atoms with E-state index < -0.39 is 117 Å². The average molecular weight is 851 g/mol. The van der Waals surface area contributed by atoms with Crippen LogP contribution in [0.2, 0.25) is 0 Å². The number of hydroxylamine groups is 8. The summed E-state index contributed by atoms with van der Waals surface area (Å²) in [5, 5.41) is 56.5. The first-order valence-corrected chi connectivity index (χ1v) is 21.6. The van der Waals surface area contributed by atoms with Crippen molar-refractivity contribution >= 4 is 23.9 Å². The molecule has 0 bridgehead atoms. The number of hydrogen-bond donors (Lipinski definition) is 0. The van der Waals surface area contributed by atoms with E-state index in [1.54, 1.807) is 111 Å². The summed E-state index contributed by atoms with van der Waals surface area (Å²) in [6.07, 6.45) is -2.73. The predicted octanol–water partition coefficient (Wildman–Crippen LogP) is 6.64. The Balaban J connectivity index is 1.72. The van der Waals surface area contributed by atoms with E-state index in [1.165, 1.54) is 0 Å². The fourth-order valence-electron chi connectivity index (χ4n) is 11.1. The lowest BCUT2D eigenvalue weighted by Crippen LogP contribution is -2.60. The van der Waals surface area contributed by atoms with Crippen LogP contribution < -0.4 is 0 Å². The van der Waals surface area contributed by atoms with E-state index in [4.69, 9.17) is 18.9 Å². The van der Waals surface area contributed by atoms with Crippen LogP contribution in [-0.2, 0) is 59.0 Å². The molecule has 0 aliphatic carbocycles. The number of rotatable bonds is 11. The van der Waals surface area contributed by atoms with Crippen LogP contribution >= 0.6 is 0 Å². The van der Waals surface area contributed by atoms with Gasteiger partial charge in [0.25, 0.3) is 0 Å². The summed E-state index contributed by atoms with van der Waals surface area (Å²) in [6, 6.07) is 0. The standard InChI is InChI=1S/C44H74N4O12/c1-37(2)19-27(20-38(3,4)45(37)53)57-33(49)17-31(35(51)59-29-23-41(9,10)47(55)42(11,12)24-29)32(36(52)60-30-25-43(13,14)48(56)44(15,16)26-30)18-34(50)58-28-21-39(5,6)46(54)40(7,8)22-28/h27-32H,17-26H2,1-16H3. The minimum Gasteiger partial charge on any atom is -0.462 e. The molecule has 0 aromatic carbocycles. The maximum Gasteiger partial charge on any atom is 0.310 e. The Morgan fingerprint density at radius 1 is 0.367 bits per heavy atom. The molecule has 2 unspecified atom stereocenters. The molecule has 0 aromatic rings. The molecule has 0 amide bonds. The highest BCUT2D eigenvalue weighted by molar-refractivity contribution is 5.88. The molecule has 4 heterocycles. The zero-order valence-corrected chi connectivity index (χ0v) is 39.2. The lowest BCUT2D eigenvalue weighted by atomic mass is 9.79. The average Bonchev–Trinajstić information content (AvgIpc) is 3.04. The van der Waals surface area contributed by atoms with Crippen molar-refractivity contribution in [3.8, 4) is 0 Å². The second-order valence-electron chi connectivity index (χ2n) is 23.3. The largest absolute Gasteiger partial charge is 0.462 e. The maximum atomic E-state index is 14.6. The number of esters is 4. The molecule has 4 fully saturated rings. The molecule has 0 aromatic heterocycles. The van der Waals surface area contributed by atoms with Crippen molar-refractivity contribution in [3.63, 3.8) is 0 Å².